The van der Waals surface area contributed by atoms with Crippen LogP contribution in [0.4, 0.5) is 4.39 Å². The van der Waals surface area contributed by atoms with E-state index in [1.807, 2.05) is 37.4 Å². The maximum atomic E-state index is 13.6. The standard InChI is InChI=1S/C24H23FNO5PS/c1-15(2)24-19(9-10-32(30,31)14-18(27)12-23(28)29)20(16-5-7-17(25)8-6-16)13-21(26-24)22-4-3-11-33-22/h3-11,13,15H,12,14H2,1-2H3,(H,28,29)(H,30,31). The van der Waals surface area contributed by atoms with Crippen LogP contribution in [0, 0.1) is 5.82 Å². The minimum Gasteiger partial charge on any atom is -0.481 e. The SMILES string of the molecule is CC(C)c1nc(-c2cccs2)cc(-c2ccc(F)cc2)c1C=CP(=O)(O)CC(=O)CC(=O)O. The smallest absolute Gasteiger partial charge is 0.310 e. The molecule has 1 atom stereocenters. The highest BCUT2D eigenvalue weighted by Crippen LogP contribution is 2.44. The topological polar surface area (TPSA) is 105 Å². The molecule has 3 rings (SSSR count). The number of carboxylic acids is 1. The molecule has 2 aromatic heterocycles. The summed E-state index contributed by atoms with van der Waals surface area (Å²) >= 11 is 1.53. The Bertz CT molecular complexity index is 1240. The number of ketones is 1. The summed E-state index contributed by atoms with van der Waals surface area (Å²) in [5.41, 5.74) is 3.39. The Morgan fingerprint density at radius 2 is 1.91 bits per heavy atom. The molecule has 0 saturated carbocycles. The number of rotatable bonds is 9. The van der Waals surface area contributed by atoms with Crippen molar-refractivity contribution in [3.63, 3.8) is 0 Å². The first-order valence-corrected chi connectivity index (χ1v) is 12.9. The lowest BCUT2D eigenvalue weighted by molar-refractivity contribution is -0.139. The van der Waals surface area contributed by atoms with Gasteiger partial charge in [0.15, 0.2) is 5.78 Å². The summed E-state index contributed by atoms with van der Waals surface area (Å²) in [6.07, 6.45) is -0.124. The van der Waals surface area contributed by atoms with Crippen LogP contribution >= 0.6 is 18.7 Å². The van der Waals surface area contributed by atoms with Gasteiger partial charge < -0.3 is 10.00 Å². The van der Waals surface area contributed by atoms with E-state index < -0.39 is 31.7 Å². The van der Waals surface area contributed by atoms with Gasteiger partial charge in [0.1, 0.15) is 12.2 Å². The number of carbonyl (C=O) groups is 2. The summed E-state index contributed by atoms with van der Waals surface area (Å²) in [6, 6.07) is 11.6. The van der Waals surface area contributed by atoms with Crippen molar-refractivity contribution in [3.8, 4) is 21.7 Å². The van der Waals surface area contributed by atoms with Gasteiger partial charge >= 0.3 is 5.97 Å². The van der Waals surface area contributed by atoms with E-state index in [0.29, 0.717) is 22.4 Å². The summed E-state index contributed by atoms with van der Waals surface area (Å²) in [5, 5.41) is 10.7. The fourth-order valence-electron chi connectivity index (χ4n) is 3.33. The lowest BCUT2D eigenvalue weighted by atomic mass is 9.93. The van der Waals surface area contributed by atoms with Crippen LogP contribution in [-0.4, -0.2) is 32.9 Å². The van der Waals surface area contributed by atoms with Crippen LogP contribution < -0.4 is 0 Å². The molecule has 0 aliphatic heterocycles. The van der Waals surface area contributed by atoms with E-state index in [1.54, 1.807) is 12.1 Å². The fraction of sp³-hybridized carbons (Fsp3) is 0.208. The molecule has 3 aromatic rings. The molecule has 0 fully saturated rings. The van der Waals surface area contributed by atoms with Crippen molar-refractivity contribution in [2.45, 2.75) is 26.2 Å². The van der Waals surface area contributed by atoms with Gasteiger partial charge in [-0.2, -0.15) is 0 Å². The Labute approximate surface area is 194 Å². The van der Waals surface area contributed by atoms with Crippen LogP contribution in [0.15, 0.2) is 53.7 Å². The number of aromatic nitrogens is 1. The zero-order valence-electron chi connectivity index (χ0n) is 18.1. The second-order valence-electron chi connectivity index (χ2n) is 7.83. The minimum atomic E-state index is -4.08. The van der Waals surface area contributed by atoms with Crippen molar-refractivity contribution in [1.29, 1.82) is 0 Å². The van der Waals surface area contributed by atoms with Gasteiger partial charge in [0.2, 0.25) is 7.37 Å². The number of hydrogen-bond donors (Lipinski definition) is 2. The molecule has 0 aliphatic rings. The number of halogens is 1. The van der Waals surface area contributed by atoms with Gasteiger partial charge in [-0.25, -0.2) is 4.39 Å². The maximum Gasteiger partial charge on any atom is 0.310 e. The van der Waals surface area contributed by atoms with Crippen molar-refractivity contribution in [2.75, 3.05) is 6.16 Å². The van der Waals surface area contributed by atoms with Crippen LogP contribution in [0.1, 0.15) is 37.4 Å². The number of benzene rings is 1. The quantitative estimate of drug-likeness (QED) is 0.282. The predicted octanol–water partition coefficient (Wildman–Crippen LogP) is 6.02. The summed E-state index contributed by atoms with van der Waals surface area (Å²) in [7, 11) is -4.08. The van der Waals surface area contributed by atoms with Crippen LogP contribution in [-0.2, 0) is 14.2 Å². The molecule has 9 heteroatoms. The molecule has 0 bridgehead atoms. The first-order chi connectivity index (χ1) is 15.6. The molecule has 0 amide bonds. The van der Waals surface area contributed by atoms with E-state index >= 15 is 0 Å². The Hall–Kier alpha value is -2.93. The molecule has 0 aliphatic carbocycles. The molecule has 33 heavy (non-hydrogen) atoms. The van der Waals surface area contributed by atoms with Gasteiger partial charge in [0, 0.05) is 11.4 Å². The molecular formula is C24H23FNO5PS. The third-order valence-electron chi connectivity index (χ3n) is 4.79. The number of carboxylic acid groups (broad SMARTS) is 1. The third kappa shape index (κ3) is 6.54. The Kier molecular flexibility index (Phi) is 7.74. The number of thiophene rings is 1. The lowest BCUT2D eigenvalue weighted by Crippen LogP contribution is -2.10. The highest BCUT2D eigenvalue weighted by molar-refractivity contribution is 7.62. The van der Waals surface area contributed by atoms with Crippen LogP contribution in [0.2, 0.25) is 0 Å². The maximum absolute atomic E-state index is 13.6. The summed E-state index contributed by atoms with van der Waals surface area (Å²) < 4.78 is 26.2. The van der Waals surface area contributed by atoms with E-state index in [9.17, 15) is 23.4 Å². The van der Waals surface area contributed by atoms with E-state index in [2.05, 4.69) is 0 Å². The fourth-order valence-corrected chi connectivity index (χ4v) is 5.12. The van der Waals surface area contributed by atoms with Gasteiger partial charge in [-0.15, -0.1) is 11.3 Å². The van der Waals surface area contributed by atoms with Gasteiger partial charge in [-0.3, -0.25) is 19.1 Å². The summed E-state index contributed by atoms with van der Waals surface area (Å²) in [6.45, 7) is 3.89. The lowest BCUT2D eigenvalue weighted by Gasteiger charge is -2.17. The van der Waals surface area contributed by atoms with Crippen molar-refractivity contribution in [2.24, 2.45) is 0 Å². The van der Waals surface area contributed by atoms with Crippen LogP contribution in [0.25, 0.3) is 27.8 Å². The van der Waals surface area contributed by atoms with E-state index in [4.69, 9.17) is 10.1 Å². The van der Waals surface area contributed by atoms with Crippen LogP contribution in [0.3, 0.4) is 0 Å². The zero-order valence-corrected chi connectivity index (χ0v) is 19.8. The third-order valence-corrected chi connectivity index (χ3v) is 7.10. The molecule has 0 radical (unpaired) electrons. The summed E-state index contributed by atoms with van der Waals surface area (Å²) in [4.78, 5) is 38.5. The normalized spacial score (nSPS) is 13.4. The first-order valence-electron chi connectivity index (χ1n) is 10.1. The second-order valence-corrected chi connectivity index (χ2v) is 10.9. The number of nitrogens with zero attached hydrogens (tertiary/aromatic N) is 1. The van der Waals surface area contributed by atoms with Crippen molar-refractivity contribution in [3.05, 3.63) is 70.7 Å². The van der Waals surface area contributed by atoms with Crippen LogP contribution in [0.5, 0.6) is 0 Å². The largest absolute Gasteiger partial charge is 0.481 e. The Morgan fingerprint density at radius 3 is 2.48 bits per heavy atom. The minimum absolute atomic E-state index is 0.0459. The van der Waals surface area contributed by atoms with Gasteiger partial charge in [-0.1, -0.05) is 32.0 Å². The number of pyridine rings is 1. The van der Waals surface area contributed by atoms with Gasteiger partial charge in [0.25, 0.3) is 0 Å². The van der Waals surface area contributed by atoms with Crippen molar-refractivity contribution in [1.82, 2.24) is 4.98 Å². The average Bonchev–Trinajstić information content (AvgIpc) is 3.26. The van der Waals surface area contributed by atoms with E-state index in [0.717, 1.165) is 16.4 Å². The molecule has 172 valence electrons. The number of carbonyl (C=O) groups excluding carboxylic acids is 1. The molecular weight excluding hydrogens is 464 g/mol. The average molecular weight is 487 g/mol. The predicted molar refractivity (Wildman–Crippen MR) is 128 cm³/mol. The number of Topliss-reactive ketones (excluding diaryl/α,β-unsaturated/α-hetero) is 1. The highest BCUT2D eigenvalue weighted by Gasteiger charge is 2.23. The monoisotopic (exact) mass is 487 g/mol. The number of aliphatic carboxylic acids is 1. The Balaban J connectivity index is 2.13. The number of hydrogen-bond acceptors (Lipinski definition) is 5. The highest BCUT2D eigenvalue weighted by atomic mass is 32.1. The summed E-state index contributed by atoms with van der Waals surface area (Å²) in [5.74, 6) is -1.56. The molecule has 0 saturated heterocycles. The first kappa shape index (κ1) is 24.7. The van der Waals surface area contributed by atoms with Gasteiger partial charge in [0.05, 0.1) is 22.4 Å². The van der Waals surface area contributed by atoms with Crippen molar-refractivity contribution < 1.29 is 28.5 Å². The van der Waals surface area contributed by atoms with Gasteiger partial charge in [-0.05, 0) is 52.8 Å². The molecule has 1 aromatic carbocycles. The molecule has 2 N–H and O–H groups in total. The zero-order chi connectivity index (χ0) is 24.2. The Morgan fingerprint density at radius 1 is 1.21 bits per heavy atom. The van der Waals surface area contributed by atoms with E-state index in [-0.39, 0.29) is 11.7 Å². The second kappa shape index (κ2) is 10.3. The molecule has 2 heterocycles. The molecule has 1 unspecified atom stereocenters. The molecule has 6 nitrogen and oxygen atoms in total. The van der Waals surface area contributed by atoms with Crippen molar-refractivity contribution >= 4 is 36.5 Å². The molecule has 0 spiro atoms. The van der Waals surface area contributed by atoms with E-state index in [1.165, 1.54) is 29.5 Å².